The number of carbonyl (C=O) groups excluding carboxylic acids is 1. The Bertz CT molecular complexity index is 736. The Kier molecular flexibility index (Phi) is 4.87. The van der Waals surface area contributed by atoms with Crippen molar-refractivity contribution in [2.24, 2.45) is 7.05 Å². The lowest BCUT2D eigenvalue weighted by atomic mass is 10.2. The molecule has 3 rings (SSSR count). The molecule has 1 aromatic heterocycles. The largest absolute Gasteiger partial charge is 0.351 e. The van der Waals surface area contributed by atoms with Gasteiger partial charge in [-0.15, -0.1) is 0 Å². The summed E-state index contributed by atoms with van der Waals surface area (Å²) in [4.78, 5) is 21.2. The molecule has 1 unspecified atom stereocenters. The molecule has 1 saturated heterocycles. The number of rotatable bonds is 5. The highest BCUT2D eigenvalue weighted by molar-refractivity contribution is 5.79. The quantitative estimate of drug-likeness (QED) is 0.894. The first-order valence-corrected chi connectivity index (χ1v) is 8.51. The monoisotopic (exact) mass is 329 g/mol. The van der Waals surface area contributed by atoms with Gasteiger partial charge in [0.15, 0.2) is 0 Å². The number of benzene rings is 1. The highest BCUT2D eigenvalue weighted by Crippen LogP contribution is 2.16. The summed E-state index contributed by atoms with van der Waals surface area (Å²) in [7, 11) is 6.22. The van der Waals surface area contributed by atoms with Crippen LogP contribution in [0.5, 0.6) is 0 Å². The molecule has 0 saturated carbocycles. The number of nitrogens with zero attached hydrogens (tertiary/aromatic N) is 4. The molecular formula is C18H27N5O. The first kappa shape index (κ1) is 16.9. The van der Waals surface area contributed by atoms with Gasteiger partial charge in [0.2, 0.25) is 5.91 Å². The standard InChI is InChI=1S/C18H27N5O/c1-13-20-16-9-14(5-6-17(16)22(13)4)10-19-18(24)12-23-8-7-15(11-23)21(2)3/h5-6,9,15H,7-8,10-12H2,1-4H3,(H,19,24). The van der Waals surface area contributed by atoms with Gasteiger partial charge in [0.05, 0.1) is 17.6 Å². The summed E-state index contributed by atoms with van der Waals surface area (Å²) in [5.41, 5.74) is 3.19. The van der Waals surface area contributed by atoms with Crippen LogP contribution in [0.15, 0.2) is 18.2 Å². The second kappa shape index (κ2) is 6.91. The third kappa shape index (κ3) is 3.60. The summed E-state index contributed by atoms with van der Waals surface area (Å²) in [5.74, 6) is 1.09. The highest BCUT2D eigenvalue weighted by Gasteiger charge is 2.25. The lowest BCUT2D eigenvalue weighted by Crippen LogP contribution is -2.38. The van der Waals surface area contributed by atoms with Crippen molar-refractivity contribution >= 4 is 16.9 Å². The number of aromatic nitrogens is 2. The number of aryl methyl sites for hydroxylation is 2. The molecular weight excluding hydrogens is 302 g/mol. The van der Waals surface area contributed by atoms with E-state index < -0.39 is 0 Å². The lowest BCUT2D eigenvalue weighted by Gasteiger charge is -2.20. The molecule has 0 radical (unpaired) electrons. The molecule has 1 aliphatic heterocycles. The van der Waals surface area contributed by atoms with Gasteiger partial charge in [0.1, 0.15) is 5.82 Å². The van der Waals surface area contributed by atoms with Crippen LogP contribution >= 0.6 is 0 Å². The minimum atomic E-state index is 0.0895. The second-order valence-corrected chi connectivity index (χ2v) is 6.96. The first-order valence-electron chi connectivity index (χ1n) is 8.51. The molecule has 1 aromatic carbocycles. The summed E-state index contributed by atoms with van der Waals surface area (Å²) in [6.45, 7) is 5.00. The van der Waals surface area contributed by atoms with Gasteiger partial charge < -0.3 is 14.8 Å². The topological polar surface area (TPSA) is 53.4 Å². The van der Waals surface area contributed by atoms with E-state index in [0.717, 1.165) is 41.9 Å². The van der Waals surface area contributed by atoms with E-state index >= 15 is 0 Å². The SMILES string of the molecule is Cc1nc2cc(CNC(=O)CN3CCC(N(C)C)C3)ccc2n1C. The van der Waals surface area contributed by atoms with E-state index in [9.17, 15) is 4.79 Å². The normalized spacial score (nSPS) is 18.6. The van der Waals surface area contributed by atoms with E-state index in [4.69, 9.17) is 0 Å². The van der Waals surface area contributed by atoms with Crippen molar-refractivity contribution in [3.8, 4) is 0 Å². The van der Waals surface area contributed by atoms with Crippen LogP contribution in [-0.2, 0) is 18.4 Å². The lowest BCUT2D eigenvalue weighted by molar-refractivity contribution is -0.122. The molecule has 6 heteroatoms. The third-order valence-electron chi connectivity index (χ3n) is 5.00. The molecule has 24 heavy (non-hydrogen) atoms. The van der Waals surface area contributed by atoms with Crippen LogP contribution in [0.25, 0.3) is 11.0 Å². The number of likely N-dealkylation sites (N-methyl/N-ethyl adjacent to an activating group) is 1. The van der Waals surface area contributed by atoms with Crippen LogP contribution in [0, 0.1) is 6.92 Å². The molecule has 0 spiro atoms. The number of hydrogen-bond acceptors (Lipinski definition) is 4. The molecule has 0 bridgehead atoms. The van der Waals surface area contributed by atoms with Gasteiger partial charge in [0.25, 0.3) is 0 Å². The van der Waals surface area contributed by atoms with Crippen LogP contribution in [0.4, 0.5) is 0 Å². The molecule has 1 N–H and O–H groups in total. The van der Waals surface area contributed by atoms with Crippen LogP contribution in [0.3, 0.4) is 0 Å². The molecule has 1 amide bonds. The average molecular weight is 329 g/mol. The van der Waals surface area contributed by atoms with E-state index in [2.05, 4.69) is 57.0 Å². The molecule has 6 nitrogen and oxygen atoms in total. The molecule has 2 aromatic rings. The van der Waals surface area contributed by atoms with E-state index in [-0.39, 0.29) is 5.91 Å². The fourth-order valence-corrected chi connectivity index (χ4v) is 3.31. The zero-order chi connectivity index (χ0) is 17.3. The average Bonchev–Trinajstić information content (AvgIpc) is 3.11. The maximum Gasteiger partial charge on any atom is 0.234 e. The van der Waals surface area contributed by atoms with Crippen LogP contribution < -0.4 is 5.32 Å². The van der Waals surface area contributed by atoms with Gasteiger partial charge in [-0.1, -0.05) is 6.07 Å². The minimum absolute atomic E-state index is 0.0895. The maximum atomic E-state index is 12.2. The van der Waals surface area contributed by atoms with Crippen LogP contribution in [0.2, 0.25) is 0 Å². The van der Waals surface area contributed by atoms with Gasteiger partial charge in [-0.3, -0.25) is 9.69 Å². The zero-order valence-electron chi connectivity index (χ0n) is 15.0. The fourth-order valence-electron chi connectivity index (χ4n) is 3.31. The van der Waals surface area contributed by atoms with E-state index in [1.165, 1.54) is 0 Å². The van der Waals surface area contributed by atoms with Gasteiger partial charge in [-0.05, 0) is 45.1 Å². The molecule has 1 fully saturated rings. The molecule has 1 atom stereocenters. The Morgan fingerprint density at radius 1 is 1.42 bits per heavy atom. The summed E-state index contributed by atoms with van der Waals surface area (Å²) < 4.78 is 2.08. The third-order valence-corrected chi connectivity index (χ3v) is 5.00. The second-order valence-electron chi connectivity index (χ2n) is 6.96. The van der Waals surface area contributed by atoms with Crippen molar-refractivity contribution < 1.29 is 4.79 Å². The predicted molar refractivity (Wildman–Crippen MR) is 95.8 cm³/mol. The number of fused-ring (bicyclic) bond motifs is 1. The van der Waals surface area contributed by atoms with Crippen molar-refractivity contribution in [1.29, 1.82) is 0 Å². The van der Waals surface area contributed by atoms with Crippen molar-refractivity contribution in [2.75, 3.05) is 33.7 Å². The zero-order valence-corrected chi connectivity index (χ0v) is 15.0. The summed E-state index contributed by atoms with van der Waals surface area (Å²) in [5, 5.41) is 3.03. The summed E-state index contributed by atoms with van der Waals surface area (Å²) in [6, 6.07) is 6.74. The Balaban J connectivity index is 1.53. The number of imidazole rings is 1. The fraction of sp³-hybridized carbons (Fsp3) is 0.556. The van der Waals surface area contributed by atoms with E-state index in [1.807, 2.05) is 14.0 Å². The molecule has 1 aliphatic rings. The Hall–Kier alpha value is -1.92. The van der Waals surface area contributed by atoms with Crippen molar-refractivity contribution in [2.45, 2.75) is 25.9 Å². The van der Waals surface area contributed by atoms with E-state index in [0.29, 0.717) is 19.1 Å². The number of carbonyl (C=O) groups is 1. The summed E-state index contributed by atoms with van der Waals surface area (Å²) >= 11 is 0. The Morgan fingerprint density at radius 2 is 2.21 bits per heavy atom. The van der Waals surface area contributed by atoms with Gasteiger partial charge in [-0.2, -0.15) is 0 Å². The minimum Gasteiger partial charge on any atom is -0.351 e. The summed E-state index contributed by atoms with van der Waals surface area (Å²) in [6.07, 6.45) is 1.13. The van der Waals surface area contributed by atoms with Crippen molar-refractivity contribution in [3.63, 3.8) is 0 Å². The number of likely N-dealkylation sites (tertiary alicyclic amines) is 1. The first-order chi connectivity index (χ1) is 11.4. The molecule has 0 aliphatic carbocycles. The van der Waals surface area contributed by atoms with Crippen LogP contribution in [-0.4, -0.2) is 65.0 Å². The predicted octanol–water partition coefficient (Wildman–Crippen LogP) is 1.13. The smallest absolute Gasteiger partial charge is 0.234 e. The van der Waals surface area contributed by atoms with Gasteiger partial charge in [0, 0.05) is 32.7 Å². The number of nitrogens with one attached hydrogen (secondary N) is 1. The molecule has 2 heterocycles. The van der Waals surface area contributed by atoms with Gasteiger partial charge in [-0.25, -0.2) is 4.98 Å². The van der Waals surface area contributed by atoms with Gasteiger partial charge >= 0.3 is 0 Å². The van der Waals surface area contributed by atoms with E-state index in [1.54, 1.807) is 0 Å². The highest BCUT2D eigenvalue weighted by atomic mass is 16.2. The number of hydrogen-bond donors (Lipinski definition) is 1. The maximum absolute atomic E-state index is 12.2. The van der Waals surface area contributed by atoms with Crippen molar-refractivity contribution in [1.82, 2.24) is 24.7 Å². The van der Waals surface area contributed by atoms with Crippen LogP contribution in [0.1, 0.15) is 17.8 Å². The molecule has 130 valence electrons. The Morgan fingerprint density at radius 3 is 2.92 bits per heavy atom. The Labute approximate surface area is 143 Å². The van der Waals surface area contributed by atoms with Crippen molar-refractivity contribution in [3.05, 3.63) is 29.6 Å². The number of amides is 1.